The van der Waals surface area contributed by atoms with Crippen molar-refractivity contribution in [3.05, 3.63) is 135 Å². The van der Waals surface area contributed by atoms with E-state index in [1.165, 1.54) is 0 Å². The lowest BCUT2D eigenvalue weighted by molar-refractivity contribution is -0.122. The molecule has 0 fully saturated rings. The minimum atomic E-state index is -0.249. The number of fused-ring (bicyclic) bond motifs is 1. The molecule has 1 unspecified atom stereocenters. The highest BCUT2D eigenvalue weighted by Gasteiger charge is 2.28. The average molecular weight is 493 g/mol. The second-order valence-electron chi connectivity index (χ2n) is 9.39. The monoisotopic (exact) mass is 492 g/mol. The lowest BCUT2D eigenvalue weighted by Crippen LogP contribution is -2.33. The third-order valence-electron chi connectivity index (χ3n) is 7.11. The summed E-state index contributed by atoms with van der Waals surface area (Å²) in [5.41, 5.74) is 4.79. The van der Waals surface area contributed by atoms with Gasteiger partial charge < -0.3 is 0 Å². The molecule has 1 heterocycles. The Kier molecular flexibility index (Phi) is 8.84. The van der Waals surface area contributed by atoms with E-state index in [4.69, 9.17) is 4.98 Å². The molecule has 5 rings (SSSR count). The molecule has 0 radical (unpaired) electrons. The van der Waals surface area contributed by atoms with Gasteiger partial charge in [0.05, 0.1) is 11.7 Å². The van der Waals surface area contributed by atoms with Gasteiger partial charge in [-0.1, -0.05) is 105 Å². The van der Waals surface area contributed by atoms with Crippen LogP contribution in [0.25, 0.3) is 0 Å². The molecule has 0 N–H and O–H groups in total. The summed E-state index contributed by atoms with van der Waals surface area (Å²) < 4.78 is 1.84. The Labute approximate surface area is 220 Å². The van der Waals surface area contributed by atoms with Crippen molar-refractivity contribution in [2.24, 2.45) is 5.92 Å². The van der Waals surface area contributed by atoms with Crippen LogP contribution in [-0.2, 0) is 24.1 Å². The molecule has 0 bridgehead atoms. The van der Waals surface area contributed by atoms with Crippen molar-refractivity contribution in [1.29, 1.82) is 0 Å². The van der Waals surface area contributed by atoms with E-state index in [1.807, 2.05) is 92.1 Å². The number of rotatable bonds is 6. The zero-order valence-electron chi connectivity index (χ0n) is 22.1. The van der Waals surface area contributed by atoms with Crippen LogP contribution in [0.3, 0.4) is 0 Å². The van der Waals surface area contributed by atoms with Gasteiger partial charge in [-0.25, -0.2) is 4.98 Å². The molecule has 190 valence electrons. The van der Waals surface area contributed by atoms with Crippen molar-refractivity contribution < 1.29 is 4.79 Å². The van der Waals surface area contributed by atoms with Gasteiger partial charge in [-0.15, -0.1) is 0 Å². The lowest BCUT2D eigenvalue weighted by Gasteiger charge is -2.24. The minimum absolute atomic E-state index is 0.0152. The van der Waals surface area contributed by atoms with Gasteiger partial charge in [-0.05, 0) is 49.3 Å². The summed E-state index contributed by atoms with van der Waals surface area (Å²) in [6.45, 7) is 5.92. The summed E-state index contributed by atoms with van der Waals surface area (Å²) in [6, 6.07) is 29.9. The normalized spacial score (nSPS) is 14.8. The number of carbonyl (C=O) groups excluding carboxylic acids is 1. The number of carbonyl (C=O) groups is 1. The van der Waals surface area contributed by atoms with Crippen molar-refractivity contribution in [3.8, 4) is 0 Å². The number of hydrogen-bond donors (Lipinski definition) is 0. The molecule has 1 atom stereocenters. The largest absolute Gasteiger partial charge is 0.299 e. The average Bonchev–Trinajstić information content (AvgIpc) is 3.16. The summed E-state index contributed by atoms with van der Waals surface area (Å²) in [5, 5.41) is 0. The number of nitrogens with zero attached hydrogens (tertiary/aromatic N) is 2. The quantitative estimate of drug-likeness (QED) is 0.288. The number of aromatic nitrogens is 2. The summed E-state index contributed by atoms with van der Waals surface area (Å²) in [6.07, 6.45) is 3.14. The Morgan fingerprint density at radius 3 is 1.92 bits per heavy atom. The molecule has 3 aromatic carbocycles. The van der Waals surface area contributed by atoms with Gasteiger partial charge >= 0.3 is 0 Å². The van der Waals surface area contributed by atoms with Gasteiger partial charge in [0.2, 0.25) is 0 Å². The number of aryl methyl sites for hydroxylation is 2. The predicted octanol–water partition coefficient (Wildman–Crippen LogP) is 6.52. The van der Waals surface area contributed by atoms with Crippen LogP contribution in [0.1, 0.15) is 66.5 Å². The van der Waals surface area contributed by atoms with Crippen molar-refractivity contribution >= 4 is 5.78 Å². The summed E-state index contributed by atoms with van der Waals surface area (Å²) >= 11 is 0. The molecular formula is C33H36N2O2. The van der Waals surface area contributed by atoms with Crippen LogP contribution in [0.2, 0.25) is 0 Å². The van der Waals surface area contributed by atoms with Gasteiger partial charge in [0.15, 0.2) is 0 Å². The van der Waals surface area contributed by atoms with Crippen LogP contribution in [0.4, 0.5) is 0 Å². The fourth-order valence-electron chi connectivity index (χ4n) is 5.29. The maximum Gasteiger partial charge on any atom is 0.257 e. The third kappa shape index (κ3) is 5.96. The molecule has 4 nitrogen and oxygen atoms in total. The van der Waals surface area contributed by atoms with Crippen LogP contribution in [0.15, 0.2) is 95.8 Å². The Morgan fingerprint density at radius 1 is 0.838 bits per heavy atom. The minimum Gasteiger partial charge on any atom is -0.299 e. The smallest absolute Gasteiger partial charge is 0.257 e. The zero-order valence-corrected chi connectivity index (χ0v) is 22.1. The van der Waals surface area contributed by atoms with E-state index in [0.29, 0.717) is 31.5 Å². The Bertz CT molecular complexity index is 1320. The Hall–Kier alpha value is -3.79. The van der Waals surface area contributed by atoms with Crippen molar-refractivity contribution in [3.63, 3.8) is 0 Å². The molecule has 1 aliphatic rings. The van der Waals surface area contributed by atoms with Crippen LogP contribution in [0, 0.1) is 12.8 Å². The first kappa shape index (κ1) is 26.3. The van der Waals surface area contributed by atoms with Crippen molar-refractivity contribution in [2.45, 2.75) is 58.9 Å². The Balaban J connectivity index is 0.00000156. The van der Waals surface area contributed by atoms with Crippen LogP contribution in [-0.4, -0.2) is 15.3 Å². The second kappa shape index (κ2) is 12.4. The van der Waals surface area contributed by atoms with E-state index >= 15 is 0 Å². The van der Waals surface area contributed by atoms with Gasteiger partial charge in [0.1, 0.15) is 11.6 Å². The molecule has 1 aliphatic carbocycles. The molecule has 0 saturated heterocycles. The fraction of sp³-hybridized carbons (Fsp3) is 0.303. The molecule has 0 spiro atoms. The molecule has 0 amide bonds. The van der Waals surface area contributed by atoms with E-state index < -0.39 is 0 Å². The highest BCUT2D eigenvalue weighted by molar-refractivity contribution is 5.83. The van der Waals surface area contributed by atoms with Gasteiger partial charge in [-0.3, -0.25) is 14.2 Å². The third-order valence-corrected chi connectivity index (χ3v) is 7.11. The Morgan fingerprint density at radius 2 is 1.35 bits per heavy atom. The molecule has 4 aromatic rings. The highest BCUT2D eigenvalue weighted by Crippen LogP contribution is 2.29. The van der Waals surface area contributed by atoms with E-state index in [9.17, 15) is 9.59 Å². The first-order valence-corrected chi connectivity index (χ1v) is 13.4. The molecule has 1 aromatic heterocycles. The lowest BCUT2D eigenvalue weighted by atomic mass is 9.91. The first-order chi connectivity index (χ1) is 18.1. The summed E-state index contributed by atoms with van der Waals surface area (Å²) in [7, 11) is 0. The SMILES string of the molecule is CC.Cc1nc2c(c(=O)n1C(c1ccccc1)c1ccccc1)CCC(C(=O)Cc1ccccc1)CC2. The number of Topliss-reactive ketones (excluding diaryl/α,β-unsaturated/α-hetero) is 1. The number of hydrogen-bond acceptors (Lipinski definition) is 3. The maximum absolute atomic E-state index is 14.0. The summed E-state index contributed by atoms with van der Waals surface area (Å²) in [5.74, 6) is 0.921. The standard InChI is InChI=1S/C31H30N2O2.C2H6/c1-22-32-28-20-18-24(29(34)21-23-11-5-2-6-12-23)17-19-27(28)31(35)33(22)30(25-13-7-3-8-14-25)26-15-9-4-10-16-26;1-2/h2-16,24,30H,17-21H2,1H3;1-2H3. The molecule has 37 heavy (non-hydrogen) atoms. The molecule has 0 saturated carbocycles. The fourth-order valence-corrected chi connectivity index (χ4v) is 5.29. The number of benzene rings is 3. The van der Waals surface area contributed by atoms with E-state index in [0.717, 1.165) is 34.4 Å². The van der Waals surface area contributed by atoms with Gasteiger partial charge in [-0.2, -0.15) is 0 Å². The molecule has 4 heteroatoms. The first-order valence-electron chi connectivity index (χ1n) is 13.4. The zero-order chi connectivity index (χ0) is 26.2. The van der Waals surface area contributed by atoms with Crippen LogP contribution < -0.4 is 5.56 Å². The summed E-state index contributed by atoms with van der Waals surface area (Å²) in [4.78, 5) is 32.0. The highest BCUT2D eigenvalue weighted by atomic mass is 16.1. The van der Waals surface area contributed by atoms with Crippen LogP contribution >= 0.6 is 0 Å². The molecule has 0 aliphatic heterocycles. The topological polar surface area (TPSA) is 52.0 Å². The number of ketones is 1. The maximum atomic E-state index is 14.0. The predicted molar refractivity (Wildman–Crippen MR) is 150 cm³/mol. The van der Waals surface area contributed by atoms with E-state index in [-0.39, 0.29) is 23.3 Å². The van der Waals surface area contributed by atoms with E-state index in [2.05, 4.69) is 24.3 Å². The second-order valence-corrected chi connectivity index (χ2v) is 9.39. The van der Waals surface area contributed by atoms with Gasteiger partial charge in [0.25, 0.3) is 5.56 Å². The van der Waals surface area contributed by atoms with Crippen molar-refractivity contribution in [1.82, 2.24) is 9.55 Å². The molecular weight excluding hydrogens is 456 g/mol. The van der Waals surface area contributed by atoms with Gasteiger partial charge in [0, 0.05) is 17.9 Å². The van der Waals surface area contributed by atoms with Crippen molar-refractivity contribution in [2.75, 3.05) is 0 Å². The van der Waals surface area contributed by atoms with Crippen LogP contribution in [0.5, 0.6) is 0 Å². The van der Waals surface area contributed by atoms with E-state index in [1.54, 1.807) is 0 Å².